The zero-order valence-corrected chi connectivity index (χ0v) is 45.5. The number of thiophene rings is 2. The van der Waals surface area contributed by atoms with Crippen molar-refractivity contribution < 1.29 is 0 Å². The van der Waals surface area contributed by atoms with Crippen molar-refractivity contribution in [1.29, 1.82) is 0 Å². The fraction of sp³-hybridized carbons (Fsp3) is 0.0141. The molecular formula is C71H42ClN7S2. The van der Waals surface area contributed by atoms with Gasteiger partial charge in [-0.2, -0.15) is 0 Å². The largest absolute Gasteiger partial charge is 0.293 e. The van der Waals surface area contributed by atoms with Gasteiger partial charge in [0.25, 0.3) is 0 Å². The minimum absolute atomic E-state index is 0.494. The van der Waals surface area contributed by atoms with Gasteiger partial charge in [-0.1, -0.05) is 181 Å². The molecule has 0 N–H and O–H groups in total. The van der Waals surface area contributed by atoms with Crippen LogP contribution in [0.2, 0.25) is 5.15 Å². The number of hydrogen-bond acceptors (Lipinski definition) is 8. The van der Waals surface area contributed by atoms with Crippen LogP contribution in [0, 0.1) is 0 Å². The molecule has 0 saturated heterocycles. The lowest BCUT2D eigenvalue weighted by Crippen LogP contribution is -2.02. The van der Waals surface area contributed by atoms with Crippen LogP contribution in [-0.4, -0.2) is 34.5 Å². The highest BCUT2D eigenvalue weighted by Gasteiger charge is 2.22. The molecule has 17 aromatic rings. The van der Waals surface area contributed by atoms with Crippen molar-refractivity contribution in [3.8, 4) is 39.7 Å². The second-order valence-electron chi connectivity index (χ2n) is 20.3. The lowest BCUT2D eigenvalue weighted by atomic mass is 10.0. The van der Waals surface area contributed by atoms with Crippen molar-refractivity contribution in [3.63, 3.8) is 0 Å². The predicted molar refractivity (Wildman–Crippen MR) is 340 cm³/mol. The van der Waals surface area contributed by atoms with Gasteiger partial charge in [0.2, 0.25) is 0 Å². The van der Waals surface area contributed by atoms with Crippen LogP contribution in [0.4, 0.5) is 0 Å². The summed E-state index contributed by atoms with van der Waals surface area (Å²) >= 11 is 9.85. The van der Waals surface area contributed by atoms with Crippen molar-refractivity contribution in [1.82, 2.24) is 34.5 Å². The van der Waals surface area contributed by atoms with Crippen molar-refractivity contribution in [2.75, 3.05) is 0 Å². The maximum Gasteiger partial charge on any atom is 0.163 e. The van der Waals surface area contributed by atoms with E-state index in [2.05, 4.69) is 202 Å². The van der Waals surface area contributed by atoms with Crippen molar-refractivity contribution >= 4 is 140 Å². The van der Waals surface area contributed by atoms with E-state index in [0.717, 1.165) is 82.0 Å². The SMILES string of the molecule is Clc1nc(-c2ccc3cccnc3c2)nc2sc3ccccc3c12.c1ccc2c(c1)Cc1cc3ccccc3cc1-2.c1ccc2cc3c(cc2c1)c1ccccc1n3-c1nc(-c2ccc3cccnc3c2)nc2sc3ccccc3c12. The van der Waals surface area contributed by atoms with Crippen LogP contribution in [0.25, 0.3) is 145 Å². The fourth-order valence-electron chi connectivity index (χ4n) is 11.7. The van der Waals surface area contributed by atoms with E-state index in [-0.39, 0.29) is 0 Å². The Morgan fingerprint density at radius 2 is 0.901 bits per heavy atom. The van der Waals surface area contributed by atoms with E-state index in [1.165, 1.54) is 69.4 Å². The highest BCUT2D eigenvalue weighted by Crippen LogP contribution is 2.43. The molecule has 0 saturated carbocycles. The average Bonchev–Trinajstić information content (AvgIpc) is 4.32. The number of benzene rings is 10. The first kappa shape index (κ1) is 47.2. The third-order valence-corrected chi connectivity index (χ3v) is 18.0. The number of rotatable bonds is 3. The summed E-state index contributed by atoms with van der Waals surface area (Å²) in [6.45, 7) is 0. The zero-order chi connectivity index (χ0) is 53.5. The normalized spacial score (nSPS) is 12.0. The molecule has 18 rings (SSSR count). The highest BCUT2D eigenvalue weighted by molar-refractivity contribution is 7.26. The van der Waals surface area contributed by atoms with Crippen molar-refractivity contribution in [3.05, 3.63) is 259 Å². The van der Waals surface area contributed by atoms with E-state index < -0.39 is 0 Å². The Morgan fingerprint density at radius 3 is 1.59 bits per heavy atom. The Kier molecular flexibility index (Phi) is 11.2. The molecule has 7 nitrogen and oxygen atoms in total. The minimum atomic E-state index is 0.494. The van der Waals surface area contributed by atoms with E-state index in [0.29, 0.717) is 16.8 Å². The smallest absolute Gasteiger partial charge is 0.163 e. The molecule has 10 aromatic carbocycles. The Morgan fingerprint density at radius 1 is 0.370 bits per heavy atom. The summed E-state index contributed by atoms with van der Waals surface area (Å²) in [5, 5.41) is 14.5. The molecule has 81 heavy (non-hydrogen) atoms. The van der Waals surface area contributed by atoms with Crippen LogP contribution in [-0.2, 0) is 6.42 Å². The molecule has 0 fully saturated rings. The number of aromatic nitrogens is 7. The number of para-hydroxylation sites is 1. The van der Waals surface area contributed by atoms with Gasteiger partial charge in [-0.25, -0.2) is 19.9 Å². The number of fused-ring (bicyclic) bond motifs is 16. The van der Waals surface area contributed by atoms with Gasteiger partial charge in [-0.3, -0.25) is 14.5 Å². The van der Waals surface area contributed by atoms with Crippen molar-refractivity contribution in [2.45, 2.75) is 6.42 Å². The first-order valence-corrected chi connectivity index (χ1v) is 28.8. The number of nitrogens with zero attached hydrogens (tertiary/aromatic N) is 7. The van der Waals surface area contributed by atoms with Crippen LogP contribution >= 0.6 is 34.3 Å². The lowest BCUT2D eigenvalue weighted by Gasteiger charge is -2.12. The molecule has 1 aliphatic rings. The summed E-state index contributed by atoms with van der Waals surface area (Å²) in [6, 6.07) is 80.8. The molecule has 0 atom stereocenters. The number of pyridine rings is 2. The molecule has 7 heterocycles. The molecule has 7 aromatic heterocycles. The van der Waals surface area contributed by atoms with Crippen molar-refractivity contribution in [2.24, 2.45) is 0 Å². The molecule has 0 unspecified atom stereocenters. The molecule has 0 amide bonds. The third kappa shape index (κ3) is 8.15. The number of hydrogen-bond donors (Lipinski definition) is 0. The van der Waals surface area contributed by atoms with Crippen LogP contribution in [0.3, 0.4) is 0 Å². The molecule has 0 spiro atoms. The second kappa shape index (κ2) is 19.3. The van der Waals surface area contributed by atoms with E-state index in [4.69, 9.17) is 26.6 Å². The van der Waals surface area contributed by atoms with Crippen LogP contribution < -0.4 is 0 Å². The number of halogens is 1. The second-order valence-corrected chi connectivity index (χ2v) is 22.8. The summed E-state index contributed by atoms with van der Waals surface area (Å²) in [6.07, 6.45) is 4.70. The fourth-order valence-corrected chi connectivity index (χ4v) is 14.2. The summed E-state index contributed by atoms with van der Waals surface area (Å²) in [5.41, 5.74) is 11.8. The van der Waals surface area contributed by atoms with Crippen LogP contribution in [0.5, 0.6) is 0 Å². The van der Waals surface area contributed by atoms with Gasteiger partial charge in [0.15, 0.2) is 17.5 Å². The Labute approximate surface area is 476 Å². The molecule has 0 radical (unpaired) electrons. The standard InChI is InChI=1S/C35H20N4S.C19H10ClN3S.C17H12/c1-2-9-23-20-30-27(18-22(23)8-1)25-11-3-5-13-29(25)39(30)34-32-26-12-4-6-14-31(26)40-35(32)38-33(37-34)24-16-15-21-10-7-17-36-28(21)19-24;20-17-16-13-5-1-2-6-15(13)24-19(16)23-18(22-17)12-8-7-11-4-3-9-21-14(11)10-12;1-2-6-13-11-17-15(9-12(13)5-1)10-14-7-3-4-8-16(14)17/h1-20H;1-10H;1-9,11H,10H2. The van der Waals surface area contributed by atoms with Crippen LogP contribution in [0.15, 0.2) is 243 Å². The topological polar surface area (TPSA) is 82.3 Å². The van der Waals surface area contributed by atoms with Crippen LogP contribution in [0.1, 0.15) is 11.1 Å². The first-order chi connectivity index (χ1) is 40.0. The van der Waals surface area contributed by atoms with E-state index >= 15 is 0 Å². The Bertz CT molecular complexity index is 5390. The lowest BCUT2D eigenvalue weighted by molar-refractivity contribution is 1.08. The summed E-state index contributed by atoms with van der Waals surface area (Å²) in [5.74, 6) is 2.24. The van der Waals surface area contributed by atoms with Gasteiger partial charge in [0.05, 0.1) is 32.8 Å². The Balaban J connectivity index is 0.000000111. The van der Waals surface area contributed by atoms with Gasteiger partial charge in [0.1, 0.15) is 14.8 Å². The quantitative estimate of drug-likeness (QED) is 0.164. The first-order valence-electron chi connectivity index (χ1n) is 26.8. The van der Waals surface area contributed by atoms with Gasteiger partial charge in [0, 0.05) is 65.2 Å². The van der Waals surface area contributed by atoms with E-state index in [1.807, 2.05) is 54.7 Å². The summed E-state index contributed by atoms with van der Waals surface area (Å²) in [7, 11) is 0. The van der Waals surface area contributed by atoms with Gasteiger partial charge < -0.3 is 0 Å². The van der Waals surface area contributed by atoms with E-state index in [1.54, 1.807) is 28.9 Å². The van der Waals surface area contributed by atoms with E-state index in [9.17, 15) is 0 Å². The monoisotopic (exact) mass is 1090 g/mol. The molecule has 380 valence electrons. The summed E-state index contributed by atoms with van der Waals surface area (Å²) < 4.78 is 4.71. The zero-order valence-electron chi connectivity index (χ0n) is 43.1. The maximum atomic E-state index is 6.49. The minimum Gasteiger partial charge on any atom is -0.293 e. The molecule has 10 heteroatoms. The molecule has 1 aliphatic carbocycles. The summed E-state index contributed by atoms with van der Waals surface area (Å²) in [4.78, 5) is 30.7. The van der Waals surface area contributed by atoms with Gasteiger partial charge in [-0.15, -0.1) is 22.7 Å². The average molecular weight is 1090 g/mol. The third-order valence-electron chi connectivity index (χ3n) is 15.6. The predicted octanol–water partition coefficient (Wildman–Crippen LogP) is 19.4. The van der Waals surface area contributed by atoms with Gasteiger partial charge >= 0.3 is 0 Å². The molecule has 0 aliphatic heterocycles. The molecular weight excluding hydrogens is 1050 g/mol. The van der Waals surface area contributed by atoms with Gasteiger partial charge in [-0.05, 0) is 111 Å². The maximum absolute atomic E-state index is 6.49. The molecule has 0 bridgehead atoms. The Hall–Kier alpha value is -9.77. The highest BCUT2D eigenvalue weighted by atomic mass is 35.5.